The van der Waals surface area contributed by atoms with Crippen LogP contribution in [-0.2, 0) is 9.59 Å². The fourth-order valence-electron chi connectivity index (χ4n) is 2.68. The van der Waals surface area contributed by atoms with Crippen molar-refractivity contribution in [3.8, 4) is 0 Å². The first kappa shape index (κ1) is 17.7. The molecule has 4 nitrogen and oxygen atoms in total. The fraction of sp³-hybridized carbons (Fsp3) is 0.300. The molecule has 0 aromatic heterocycles. The third-order valence-corrected chi connectivity index (χ3v) is 3.83. The maximum Gasteiger partial charge on any atom is 0.226 e. The van der Waals surface area contributed by atoms with Gasteiger partial charge >= 0.3 is 0 Å². The van der Waals surface area contributed by atoms with E-state index in [4.69, 9.17) is 0 Å². The lowest BCUT2D eigenvalue weighted by Crippen LogP contribution is -2.29. The average Bonchev–Trinajstić information content (AvgIpc) is 2.55. The van der Waals surface area contributed by atoms with E-state index in [-0.39, 0.29) is 24.3 Å². The summed E-state index contributed by atoms with van der Waals surface area (Å²) in [7, 11) is 0. The first-order chi connectivity index (χ1) is 11.5. The molecule has 1 atom stereocenters. The SMILES string of the molecule is CC(=O)NC(CC(=O)Nc1ccccc1C(C)C)c1ccccc1. The summed E-state index contributed by atoms with van der Waals surface area (Å²) in [5, 5.41) is 5.83. The molecule has 126 valence electrons. The predicted molar refractivity (Wildman–Crippen MR) is 96.8 cm³/mol. The first-order valence-electron chi connectivity index (χ1n) is 8.18. The van der Waals surface area contributed by atoms with Crippen LogP contribution in [0, 0.1) is 0 Å². The second-order valence-electron chi connectivity index (χ2n) is 6.16. The molecule has 0 aliphatic rings. The van der Waals surface area contributed by atoms with Crippen molar-refractivity contribution in [2.45, 2.75) is 39.2 Å². The Morgan fingerprint density at radius 2 is 1.58 bits per heavy atom. The first-order valence-corrected chi connectivity index (χ1v) is 8.18. The number of anilines is 1. The van der Waals surface area contributed by atoms with E-state index in [9.17, 15) is 9.59 Å². The molecule has 0 saturated carbocycles. The van der Waals surface area contributed by atoms with Crippen molar-refractivity contribution in [2.75, 3.05) is 5.32 Å². The third-order valence-electron chi connectivity index (χ3n) is 3.83. The Hall–Kier alpha value is -2.62. The summed E-state index contributed by atoms with van der Waals surface area (Å²) in [4.78, 5) is 24.0. The Morgan fingerprint density at radius 3 is 2.21 bits per heavy atom. The summed E-state index contributed by atoms with van der Waals surface area (Å²) >= 11 is 0. The van der Waals surface area contributed by atoms with E-state index in [1.54, 1.807) is 0 Å². The van der Waals surface area contributed by atoms with Crippen LogP contribution in [0.25, 0.3) is 0 Å². The van der Waals surface area contributed by atoms with Crippen LogP contribution < -0.4 is 10.6 Å². The van der Waals surface area contributed by atoms with Crippen LogP contribution in [0.3, 0.4) is 0 Å². The van der Waals surface area contributed by atoms with Gasteiger partial charge in [-0.15, -0.1) is 0 Å². The maximum absolute atomic E-state index is 12.5. The lowest BCUT2D eigenvalue weighted by molar-refractivity contribution is -0.120. The van der Waals surface area contributed by atoms with Gasteiger partial charge in [0.05, 0.1) is 12.5 Å². The Balaban J connectivity index is 2.12. The van der Waals surface area contributed by atoms with Gasteiger partial charge < -0.3 is 10.6 Å². The van der Waals surface area contributed by atoms with Gasteiger partial charge in [-0.2, -0.15) is 0 Å². The smallest absolute Gasteiger partial charge is 0.226 e. The molecule has 0 aliphatic heterocycles. The number of nitrogens with one attached hydrogen (secondary N) is 2. The molecular weight excluding hydrogens is 300 g/mol. The van der Waals surface area contributed by atoms with E-state index in [0.717, 1.165) is 16.8 Å². The summed E-state index contributed by atoms with van der Waals surface area (Å²) in [6.07, 6.45) is 0.190. The molecule has 0 heterocycles. The fourth-order valence-corrected chi connectivity index (χ4v) is 2.68. The van der Waals surface area contributed by atoms with E-state index in [1.807, 2.05) is 54.6 Å². The van der Waals surface area contributed by atoms with Crippen LogP contribution >= 0.6 is 0 Å². The molecule has 2 N–H and O–H groups in total. The number of amides is 2. The van der Waals surface area contributed by atoms with E-state index in [2.05, 4.69) is 24.5 Å². The van der Waals surface area contributed by atoms with Gasteiger partial charge in [-0.25, -0.2) is 0 Å². The van der Waals surface area contributed by atoms with Crippen molar-refractivity contribution < 1.29 is 9.59 Å². The van der Waals surface area contributed by atoms with Gasteiger partial charge in [-0.05, 0) is 23.1 Å². The molecule has 0 bridgehead atoms. The number of hydrogen-bond acceptors (Lipinski definition) is 2. The van der Waals surface area contributed by atoms with Crippen molar-refractivity contribution in [2.24, 2.45) is 0 Å². The number of para-hydroxylation sites is 1. The molecule has 0 aliphatic carbocycles. The minimum atomic E-state index is -0.338. The molecule has 2 amide bonds. The highest BCUT2D eigenvalue weighted by Crippen LogP contribution is 2.25. The predicted octanol–water partition coefficient (Wildman–Crippen LogP) is 4.02. The number of carbonyl (C=O) groups excluding carboxylic acids is 2. The lowest BCUT2D eigenvalue weighted by atomic mass is 10.0. The molecule has 0 saturated heterocycles. The average molecular weight is 324 g/mol. The highest BCUT2D eigenvalue weighted by molar-refractivity contribution is 5.92. The van der Waals surface area contributed by atoms with Gasteiger partial charge in [-0.1, -0.05) is 62.4 Å². The van der Waals surface area contributed by atoms with Crippen LogP contribution in [0.5, 0.6) is 0 Å². The van der Waals surface area contributed by atoms with E-state index in [1.165, 1.54) is 6.92 Å². The minimum absolute atomic E-state index is 0.120. The van der Waals surface area contributed by atoms with E-state index in [0.29, 0.717) is 5.92 Å². The van der Waals surface area contributed by atoms with Crippen molar-refractivity contribution in [3.05, 3.63) is 65.7 Å². The molecular formula is C20H24N2O2. The topological polar surface area (TPSA) is 58.2 Å². The molecule has 24 heavy (non-hydrogen) atoms. The monoisotopic (exact) mass is 324 g/mol. The zero-order valence-corrected chi connectivity index (χ0v) is 14.4. The van der Waals surface area contributed by atoms with Crippen molar-refractivity contribution in [3.63, 3.8) is 0 Å². The Morgan fingerprint density at radius 1 is 0.958 bits per heavy atom. The van der Waals surface area contributed by atoms with E-state index < -0.39 is 0 Å². The summed E-state index contributed by atoms with van der Waals surface area (Å²) in [5.41, 5.74) is 2.84. The van der Waals surface area contributed by atoms with Gasteiger partial charge in [0.2, 0.25) is 11.8 Å². The molecule has 2 aromatic rings. The van der Waals surface area contributed by atoms with Crippen LogP contribution in [-0.4, -0.2) is 11.8 Å². The molecule has 2 rings (SSSR count). The Bertz CT molecular complexity index is 696. The minimum Gasteiger partial charge on any atom is -0.349 e. The second kappa shape index (κ2) is 8.29. The van der Waals surface area contributed by atoms with Crippen LogP contribution in [0.4, 0.5) is 5.69 Å². The largest absolute Gasteiger partial charge is 0.349 e. The summed E-state index contributed by atoms with van der Waals surface area (Å²) in [5.74, 6) is 0.0479. The molecule has 4 heteroatoms. The number of carbonyl (C=O) groups is 2. The highest BCUT2D eigenvalue weighted by Gasteiger charge is 2.18. The van der Waals surface area contributed by atoms with Crippen molar-refractivity contribution >= 4 is 17.5 Å². The number of benzene rings is 2. The number of hydrogen-bond donors (Lipinski definition) is 2. The molecule has 2 aromatic carbocycles. The van der Waals surface area contributed by atoms with Crippen molar-refractivity contribution in [1.82, 2.24) is 5.32 Å². The molecule has 0 spiro atoms. The van der Waals surface area contributed by atoms with Gasteiger partial charge in [0.25, 0.3) is 0 Å². The van der Waals surface area contributed by atoms with Crippen molar-refractivity contribution in [1.29, 1.82) is 0 Å². The normalized spacial score (nSPS) is 11.8. The van der Waals surface area contributed by atoms with Crippen LogP contribution in [0.1, 0.15) is 50.3 Å². The quantitative estimate of drug-likeness (QED) is 0.843. The second-order valence-corrected chi connectivity index (χ2v) is 6.16. The molecule has 0 fully saturated rings. The Labute approximate surface area is 143 Å². The van der Waals surface area contributed by atoms with Gasteiger partial charge in [0.15, 0.2) is 0 Å². The molecule has 1 unspecified atom stereocenters. The summed E-state index contributed by atoms with van der Waals surface area (Å²) in [6, 6.07) is 17.0. The van der Waals surface area contributed by atoms with Gasteiger partial charge in [0.1, 0.15) is 0 Å². The van der Waals surface area contributed by atoms with E-state index >= 15 is 0 Å². The number of rotatable bonds is 6. The van der Waals surface area contributed by atoms with Crippen LogP contribution in [0.2, 0.25) is 0 Å². The van der Waals surface area contributed by atoms with Crippen LogP contribution in [0.15, 0.2) is 54.6 Å². The third kappa shape index (κ3) is 4.95. The standard InChI is InChI=1S/C20H24N2O2/c1-14(2)17-11-7-8-12-18(17)22-20(24)13-19(21-15(3)23)16-9-5-4-6-10-16/h4-12,14,19H,13H2,1-3H3,(H,21,23)(H,22,24). The Kier molecular flexibility index (Phi) is 6.13. The maximum atomic E-state index is 12.5. The lowest BCUT2D eigenvalue weighted by Gasteiger charge is -2.19. The highest BCUT2D eigenvalue weighted by atomic mass is 16.2. The summed E-state index contributed by atoms with van der Waals surface area (Å²) in [6.45, 7) is 5.64. The van der Waals surface area contributed by atoms with Gasteiger partial charge in [-0.3, -0.25) is 9.59 Å². The van der Waals surface area contributed by atoms with Gasteiger partial charge in [0, 0.05) is 12.6 Å². The molecule has 0 radical (unpaired) electrons. The zero-order valence-electron chi connectivity index (χ0n) is 14.4. The zero-order chi connectivity index (χ0) is 17.5. The summed E-state index contributed by atoms with van der Waals surface area (Å²) < 4.78 is 0.